The number of amides is 1. The number of likely N-dealkylation sites (N-methyl/N-ethyl adjacent to an activating group) is 1. The van der Waals surface area contributed by atoms with Crippen LogP contribution in [0.3, 0.4) is 0 Å². The lowest BCUT2D eigenvalue weighted by Gasteiger charge is -2.28. The van der Waals surface area contributed by atoms with Gasteiger partial charge in [-0.3, -0.25) is 4.79 Å². The molecule has 1 aromatic carbocycles. The molecule has 0 N–H and O–H groups in total. The van der Waals surface area contributed by atoms with E-state index >= 15 is 0 Å². The van der Waals surface area contributed by atoms with Crippen molar-refractivity contribution in [3.63, 3.8) is 0 Å². The van der Waals surface area contributed by atoms with Gasteiger partial charge in [-0.25, -0.2) is 0 Å². The average molecular weight is 306 g/mol. The van der Waals surface area contributed by atoms with Gasteiger partial charge < -0.3 is 19.3 Å². The zero-order chi connectivity index (χ0) is 15.9. The van der Waals surface area contributed by atoms with Gasteiger partial charge >= 0.3 is 0 Å². The van der Waals surface area contributed by atoms with Crippen LogP contribution in [0.1, 0.15) is 24.8 Å². The summed E-state index contributed by atoms with van der Waals surface area (Å²) in [5.41, 5.74) is 1.14. The largest absolute Gasteiger partial charge is 0.497 e. The van der Waals surface area contributed by atoms with Crippen molar-refractivity contribution in [3.8, 4) is 11.5 Å². The molecule has 1 aliphatic rings. The maximum Gasteiger partial charge on any atom is 0.222 e. The molecule has 1 aromatic rings. The molecule has 1 fully saturated rings. The number of nitrogens with zero attached hydrogens (tertiary/aromatic N) is 2. The maximum atomic E-state index is 11.8. The van der Waals surface area contributed by atoms with Crippen LogP contribution in [0.15, 0.2) is 18.2 Å². The second-order valence-corrected chi connectivity index (χ2v) is 5.80. The Balaban J connectivity index is 1.88. The molecule has 5 nitrogen and oxygen atoms in total. The van der Waals surface area contributed by atoms with Gasteiger partial charge in [-0.05, 0) is 37.6 Å². The summed E-state index contributed by atoms with van der Waals surface area (Å²) >= 11 is 0. The highest BCUT2D eigenvalue weighted by Crippen LogP contribution is 2.23. The van der Waals surface area contributed by atoms with Crippen LogP contribution in [-0.4, -0.2) is 56.6 Å². The van der Waals surface area contributed by atoms with Crippen molar-refractivity contribution < 1.29 is 14.3 Å². The van der Waals surface area contributed by atoms with Crippen molar-refractivity contribution in [2.75, 3.05) is 40.9 Å². The van der Waals surface area contributed by atoms with E-state index in [1.807, 2.05) is 23.1 Å². The molecule has 1 aliphatic heterocycles. The summed E-state index contributed by atoms with van der Waals surface area (Å²) < 4.78 is 10.6. The summed E-state index contributed by atoms with van der Waals surface area (Å²) in [6.07, 6.45) is 2.87. The first-order valence-corrected chi connectivity index (χ1v) is 7.80. The van der Waals surface area contributed by atoms with Crippen LogP contribution in [-0.2, 0) is 11.3 Å². The highest BCUT2D eigenvalue weighted by Gasteiger charge is 2.17. The summed E-state index contributed by atoms with van der Waals surface area (Å²) in [7, 11) is 5.38. The van der Waals surface area contributed by atoms with E-state index in [-0.39, 0.29) is 0 Å². The number of hydrogen-bond acceptors (Lipinski definition) is 4. The van der Waals surface area contributed by atoms with E-state index in [0.29, 0.717) is 12.3 Å². The number of benzene rings is 1. The fraction of sp³-hybridized carbons (Fsp3) is 0.588. The smallest absolute Gasteiger partial charge is 0.222 e. The zero-order valence-corrected chi connectivity index (χ0v) is 13.8. The minimum atomic E-state index is 0.294. The van der Waals surface area contributed by atoms with Crippen LogP contribution in [0.2, 0.25) is 0 Å². The molecule has 0 unspecified atom stereocenters. The topological polar surface area (TPSA) is 42.0 Å². The van der Waals surface area contributed by atoms with E-state index in [9.17, 15) is 4.79 Å². The quantitative estimate of drug-likeness (QED) is 0.774. The lowest BCUT2D eigenvalue weighted by molar-refractivity contribution is -0.133. The molecule has 0 bridgehead atoms. The Morgan fingerprint density at radius 1 is 1.14 bits per heavy atom. The number of carbonyl (C=O) groups is 1. The third kappa shape index (κ3) is 4.63. The van der Waals surface area contributed by atoms with Gasteiger partial charge in [0.05, 0.1) is 14.2 Å². The molecule has 0 radical (unpaired) electrons. The molecule has 1 amide bonds. The zero-order valence-electron chi connectivity index (χ0n) is 13.8. The highest BCUT2D eigenvalue weighted by atomic mass is 16.5. The molecule has 0 aromatic heterocycles. The lowest BCUT2D eigenvalue weighted by atomic mass is 10.1. The Labute approximate surface area is 132 Å². The van der Waals surface area contributed by atoms with Crippen molar-refractivity contribution >= 4 is 5.91 Å². The van der Waals surface area contributed by atoms with Crippen molar-refractivity contribution in [2.24, 2.45) is 0 Å². The molecule has 22 heavy (non-hydrogen) atoms. The third-order valence-corrected chi connectivity index (χ3v) is 4.04. The Kier molecular flexibility index (Phi) is 6.07. The van der Waals surface area contributed by atoms with Crippen molar-refractivity contribution in [3.05, 3.63) is 23.8 Å². The first-order chi connectivity index (χ1) is 10.6. The molecular formula is C17H26N2O3. The number of methoxy groups -OCH3 is 2. The van der Waals surface area contributed by atoms with E-state index in [4.69, 9.17) is 9.47 Å². The summed E-state index contributed by atoms with van der Waals surface area (Å²) in [6.45, 7) is 3.37. The van der Waals surface area contributed by atoms with Crippen LogP contribution in [0.5, 0.6) is 11.5 Å². The fourth-order valence-electron chi connectivity index (χ4n) is 2.74. The Morgan fingerprint density at radius 2 is 1.82 bits per heavy atom. The predicted molar refractivity (Wildman–Crippen MR) is 86.3 cm³/mol. The molecular weight excluding hydrogens is 280 g/mol. The van der Waals surface area contributed by atoms with E-state index in [1.165, 1.54) is 0 Å². The summed E-state index contributed by atoms with van der Waals surface area (Å²) in [5.74, 6) is 1.89. The summed E-state index contributed by atoms with van der Waals surface area (Å²) in [4.78, 5) is 16.0. The average Bonchev–Trinajstić information content (AvgIpc) is 2.53. The van der Waals surface area contributed by atoms with Crippen LogP contribution < -0.4 is 9.47 Å². The van der Waals surface area contributed by atoms with Crippen LogP contribution in [0, 0.1) is 0 Å². The number of piperidine rings is 1. The van der Waals surface area contributed by atoms with Gasteiger partial charge in [0.25, 0.3) is 0 Å². The Bertz CT molecular complexity index is 482. The fourth-order valence-corrected chi connectivity index (χ4v) is 2.74. The monoisotopic (exact) mass is 306 g/mol. The molecule has 0 saturated carbocycles. The number of likely N-dealkylation sites (tertiary alicyclic amines) is 1. The Morgan fingerprint density at radius 3 is 2.41 bits per heavy atom. The standard InChI is InChI=1S/C17H26N2O3/c1-18(8-9-19-7-5-4-6-17(19)20)13-14-10-15(21-2)12-16(11-14)22-3/h10-12H,4-9,13H2,1-3H3. The minimum Gasteiger partial charge on any atom is -0.497 e. The lowest BCUT2D eigenvalue weighted by Crippen LogP contribution is -2.40. The van der Waals surface area contributed by atoms with Crippen molar-refractivity contribution in [1.82, 2.24) is 9.80 Å². The summed E-state index contributed by atoms with van der Waals surface area (Å²) in [6, 6.07) is 5.91. The van der Waals surface area contributed by atoms with E-state index < -0.39 is 0 Å². The molecule has 0 spiro atoms. The SMILES string of the molecule is COc1cc(CN(C)CCN2CCCCC2=O)cc(OC)c1. The van der Waals surface area contributed by atoms with Gasteiger partial charge in [0.1, 0.15) is 11.5 Å². The van der Waals surface area contributed by atoms with Crippen molar-refractivity contribution in [1.29, 1.82) is 0 Å². The second-order valence-electron chi connectivity index (χ2n) is 5.80. The van der Waals surface area contributed by atoms with Gasteiger partial charge in [-0.2, -0.15) is 0 Å². The van der Waals surface area contributed by atoms with Crippen LogP contribution in [0.4, 0.5) is 0 Å². The predicted octanol–water partition coefficient (Wildman–Crippen LogP) is 2.15. The minimum absolute atomic E-state index is 0.294. The molecule has 122 valence electrons. The molecule has 1 saturated heterocycles. The van der Waals surface area contributed by atoms with Gasteiger partial charge in [0.15, 0.2) is 0 Å². The number of hydrogen-bond donors (Lipinski definition) is 0. The van der Waals surface area contributed by atoms with Crippen LogP contribution in [0.25, 0.3) is 0 Å². The molecule has 0 atom stereocenters. The van der Waals surface area contributed by atoms with E-state index in [1.54, 1.807) is 14.2 Å². The number of ether oxygens (including phenoxy) is 2. The second kappa shape index (κ2) is 8.03. The highest BCUT2D eigenvalue weighted by molar-refractivity contribution is 5.76. The first kappa shape index (κ1) is 16.6. The van der Waals surface area contributed by atoms with Gasteiger partial charge in [0, 0.05) is 38.7 Å². The van der Waals surface area contributed by atoms with E-state index in [2.05, 4.69) is 11.9 Å². The Hall–Kier alpha value is -1.75. The first-order valence-electron chi connectivity index (χ1n) is 7.80. The number of rotatable bonds is 7. The van der Waals surface area contributed by atoms with E-state index in [0.717, 1.165) is 56.1 Å². The molecule has 5 heteroatoms. The summed E-state index contributed by atoms with van der Waals surface area (Å²) in [5, 5.41) is 0. The van der Waals surface area contributed by atoms with Gasteiger partial charge in [-0.15, -0.1) is 0 Å². The molecule has 1 heterocycles. The van der Waals surface area contributed by atoms with Gasteiger partial charge in [-0.1, -0.05) is 0 Å². The maximum absolute atomic E-state index is 11.8. The normalized spacial score (nSPS) is 15.3. The van der Waals surface area contributed by atoms with Crippen molar-refractivity contribution in [2.45, 2.75) is 25.8 Å². The molecule has 2 rings (SSSR count). The third-order valence-electron chi connectivity index (χ3n) is 4.04. The van der Waals surface area contributed by atoms with Crippen LogP contribution >= 0.6 is 0 Å². The molecule has 0 aliphatic carbocycles. The van der Waals surface area contributed by atoms with Gasteiger partial charge in [0.2, 0.25) is 5.91 Å². The number of carbonyl (C=O) groups excluding carboxylic acids is 1.